The molecule has 128 valence electrons. The summed E-state index contributed by atoms with van der Waals surface area (Å²) in [4.78, 5) is 0. The zero-order valence-corrected chi connectivity index (χ0v) is 18.1. The molecule has 1 aliphatic rings. The van der Waals surface area contributed by atoms with Crippen LogP contribution in [-0.4, -0.2) is 13.3 Å². The molecule has 0 amide bonds. The summed E-state index contributed by atoms with van der Waals surface area (Å²) in [5.74, 6) is 8.20. The fourth-order valence-corrected chi connectivity index (χ4v) is 6.31. The molecule has 1 aromatic heterocycles. The van der Waals surface area contributed by atoms with E-state index in [1.54, 1.807) is 9.96 Å². The van der Waals surface area contributed by atoms with Crippen molar-refractivity contribution in [2.75, 3.05) is 0 Å². The molecule has 0 radical (unpaired) electrons. The maximum atomic E-state index is 2.49. The van der Waals surface area contributed by atoms with E-state index >= 15 is 0 Å². The third kappa shape index (κ3) is 3.77. The van der Waals surface area contributed by atoms with Gasteiger partial charge >= 0.3 is 150 Å². The van der Waals surface area contributed by atoms with Gasteiger partial charge in [-0.25, -0.2) is 0 Å². The molecule has 1 saturated carbocycles. The number of pyridine rings is 1. The number of aryl methyl sites for hydroxylation is 2. The molecule has 0 aliphatic heterocycles. The summed E-state index contributed by atoms with van der Waals surface area (Å²) >= 11 is -1.81. The Morgan fingerprint density at radius 1 is 0.958 bits per heavy atom. The van der Waals surface area contributed by atoms with Crippen LogP contribution in [0.4, 0.5) is 0 Å². The van der Waals surface area contributed by atoms with Crippen molar-refractivity contribution in [3.8, 4) is 11.3 Å². The first-order valence-corrected chi connectivity index (χ1v) is 16.8. The van der Waals surface area contributed by atoms with Crippen LogP contribution in [0.15, 0.2) is 36.5 Å². The number of benzene rings is 1. The van der Waals surface area contributed by atoms with E-state index in [1.807, 2.05) is 0 Å². The second-order valence-electron chi connectivity index (χ2n) is 8.57. The molecular formula is C22H32GeN+. The minimum absolute atomic E-state index is 0.770. The standard InChI is InChI=1S/C22H32GeN/c1-17-11-12-19(18-9-7-6-8-10-18)15-21(17)22-16-20(23(2,3)4)13-14-24(22)5/h11-16,18H,6-10H2,1-5H3/q+1. The van der Waals surface area contributed by atoms with Gasteiger partial charge in [-0.2, -0.15) is 0 Å². The summed E-state index contributed by atoms with van der Waals surface area (Å²) in [7, 11) is 2.18. The predicted octanol–water partition coefficient (Wildman–Crippen LogP) is 5.08. The van der Waals surface area contributed by atoms with Crippen molar-refractivity contribution < 1.29 is 4.57 Å². The van der Waals surface area contributed by atoms with E-state index in [0.717, 1.165) is 5.92 Å². The molecule has 1 aromatic carbocycles. The van der Waals surface area contributed by atoms with Gasteiger partial charge in [0.1, 0.15) is 0 Å². The van der Waals surface area contributed by atoms with Crippen LogP contribution in [0, 0.1) is 6.92 Å². The van der Waals surface area contributed by atoms with Crippen molar-refractivity contribution in [2.45, 2.75) is 62.2 Å². The molecule has 0 saturated heterocycles. The third-order valence-corrected chi connectivity index (χ3v) is 9.92. The van der Waals surface area contributed by atoms with Crippen LogP contribution in [0.2, 0.25) is 17.3 Å². The van der Waals surface area contributed by atoms with Crippen LogP contribution in [0.3, 0.4) is 0 Å². The number of aromatic nitrogens is 1. The Hall–Kier alpha value is -1.09. The van der Waals surface area contributed by atoms with E-state index < -0.39 is 13.3 Å². The predicted molar refractivity (Wildman–Crippen MR) is 107 cm³/mol. The first kappa shape index (κ1) is 17.7. The topological polar surface area (TPSA) is 3.88 Å². The number of nitrogens with zero attached hydrogens (tertiary/aromatic N) is 1. The fraction of sp³-hybridized carbons (Fsp3) is 0.500. The molecule has 1 fully saturated rings. The SMILES string of the molecule is Cc1ccc(C2CCCCC2)cc1-c1c[c]([Ge]([CH3])([CH3])[CH3])cc[n+]1C. The Balaban J connectivity index is 2.05. The molecule has 1 aliphatic carbocycles. The van der Waals surface area contributed by atoms with Gasteiger partial charge in [0.25, 0.3) is 0 Å². The van der Waals surface area contributed by atoms with Crippen molar-refractivity contribution in [1.29, 1.82) is 0 Å². The van der Waals surface area contributed by atoms with Crippen molar-refractivity contribution in [3.63, 3.8) is 0 Å². The van der Waals surface area contributed by atoms with Gasteiger partial charge in [-0.15, -0.1) is 0 Å². The second-order valence-corrected chi connectivity index (χ2v) is 19.2. The molecule has 1 heterocycles. The van der Waals surface area contributed by atoms with Crippen molar-refractivity contribution in [1.82, 2.24) is 0 Å². The average molecular weight is 383 g/mol. The van der Waals surface area contributed by atoms with Gasteiger partial charge in [0, 0.05) is 0 Å². The normalized spacial score (nSPS) is 16.4. The minimum atomic E-state index is -1.81. The van der Waals surface area contributed by atoms with Gasteiger partial charge in [-0.1, -0.05) is 0 Å². The average Bonchev–Trinajstić information content (AvgIpc) is 2.56. The summed E-state index contributed by atoms with van der Waals surface area (Å²) in [6.45, 7) is 2.26. The summed E-state index contributed by atoms with van der Waals surface area (Å²) < 4.78 is 3.88. The molecule has 2 aromatic rings. The van der Waals surface area contributed by atoms with Crippen LogP contribution < -0.4 is 8.96 Å². The zero-order chi connectivity index (χ0) is 17.3. The molecule has 3 rings (SSSR count). The van der Waals surface area contributed by atoms with Crippen LogP contribution in [0.1, 0.15) is 49.1 Å². The number of hydrogen-bond acceptors (Lipinski definition) is 0. The second kappa shape index (κ2) is 7.03. The zero-order valence-electron chi connectivity index (χ0n) is 16.0. The first-order chi connectivity index (χ1) is 11.4. The Kier molecular flexibility index (Phi) is 5.20. The molecular weight excluding hydrogens is 351 g/mol. The summed E-state index contributed by atoms with van der Waals surface area (Å²) in [6, 6.07) is 12.0. The summed E-state index contributed by atoms with van der Waals surface area (Å²) in [5.41, 5.74) is 5.75. The van der Waals surface area contributed by atoms with E-state index in [2.05, 4.69) is 72.3 Å². The van der Waals surface area contributed by atoms with Crippen LogP contribution in [0.5, 0.6) is 0 Å². The quantitative estimate of drug-likeness (QED) is 0.514. The van der Waals surface area contributed by atoms with Gasteiger partial charge < -0.3 is 0 Å². The molecule has 0 atom stereocenters. The van der Waals surface area contributed by atoms with E-state index in [1.165, 1.54) is 48.9 Å². The van der Waals surface area contributed by atoms with Gasteiger partial charge in [0.15, 0.2) is 0 Å². The molecule has 2 heteroatoms. The Labute approximate surface area is 150 Å². The monoisotopic (exact) mass is 384 g/mol. The molecule has 0 unspecified atom stereocenters. The van der Waals surface area contributed by atoms with Gasteiger partial charge in [0.2, 0.25) is 0 Å². The van der Waals surface area contributed by atoms with Crippen molar-refractivity contribution >= 4 is 17.7 Å². The van der Waals surface area contributed by atoms with Crippen molar-refractivity contribution in [3.05, 3.63) is 47.7 Å². The molecule has 1 nitrogen and oxygen atoms in total. The third-order valence-electron chi connectivity index (χ3n) is 5.63. The van der Waals surface area contributed by atoms with Gasteiger partial charge in [-0.3, -0.25) is 0 Å². The van der Waals surface area contributed by atoms with Crippen LogP contribution in [-0.2, 0) is 7.05 Å². The molecule has 0 bridgehead atoms. The van der Waals surface area contributed by atoms with Gasteiger partial charge in [-0.05, 0) is 0 Å². The van der Waals surface area contributed by atoms with E-state index in [-0.39, 0.29) is 0 Å². The Bertz CT molecular complexity index is 721. The number of rotatable bonds is 3. The maximum absolute atomic E-state index is 2.49. The Morgan fingerprint density at radius 3 is 2.33 bits per heavy atom. The Morgan fingerprint density at radius 2 is 1.67 bits per heavy atom. The van der Waals surface area contributed by atoms with E-state index in [0.29, 0.717) is 0 Å². The molecule has 24 heavy (non-hydrogen) atoms. The van der Waals surface area contributed by atoms with Crippen molar-refractivity contribution in [2.24, 2.45) is 7.05 Å². The fourth-order valence-electron chi connectivity index (χ4n) is 3.91. The van der Waals surface area contributed by atoms with E-state index in [4.69, 9.17) is 0 Å². The first-order valence-electron chi connectivity index (χ1n) is 9.47. The number of hydrogen-bond donors (Lipinski definition) is 0. The molecule has 0 spiro atoms. The van der Waals surface area contributed by atoms with Gasteiger partial charge in [0.05, 0.1) is 0 Å². The summed E-state index contributed by atoms with van der Waals surface area (Å²) in [5, 5.41) is 0. The van der Waals surface area contributed by atoms with Crippen LogP contribution >= 0.6 is 0 Å². The van der Waals surface area contributed by atoms with E-state index in [9.17, 15) is 0 Å². The molecule has 0 N–H and O–H groups in total. The van der Waals surface area contributed by atoms with Crippen LogP contribution in [0.25, 0.3) is 11.3 Å². The summed E-state index contributed by atoms with van der Waals surface area (Å²) in [6.07, 6.45) is 9.21.